The fourth-order valence-electron chi connectivity index (χ4n) is 9.33. The number of aromatic nitrogens is 4. The van der Waals surface area contributed by atoms with Crippen molar-refractivity contribution in [3.05, 3.63) is 104 Å². The molecule has 0 unspecified atom stereocenters. The SMILES string of the molecule is COCCN1CCN(Cc2nc(C)c(-c3c(Cl)ccc4c(CCCOc5cc(C)c(Cl)c(C)c5)c5n(c34)[C@H](C)CN(c3cn(C)c4ccc(C(=O)O)cc34)C5=O)c(C)n2)CC1. The van der Waals surface area contributed by atoms with Gasteiger partial charge in [-0.15, -0.1) is 0 Å². The van der Waals surface area contributed by atoms with Crippen LogP contribution in [0.1, 0.15) is 74.1 Å². The molecule has 2 aliphatic rings. The number of nitrogens with zero attached hydrogens (tertiary/aromatic N) is 7. The molecule has 320 valence electrons. The molecule has 61 heavy (non-hydrogen) atoms. The van der Waals surface area contributed by atoms with E-state index < -0.39 is 5.97 Å². The van der Waals surface area contributed by atoms with Crippen LogP contribution < -0.4 is 9.64 Å². The predicted molar refractivity (Wildman–Crippen MR) is 242 cm³/mol. The first-order valence-electron chi connectivity index (χ1n) is 20.9. The monoisotopic (exact) mass is 865 g/mol. The topological polar surface area (TPSA) is 118 Å². The number of fused-ring (bicyclic) bond motifs is 4. The molecule has 1 N–H and O–H groups in total. The van der Waals surface area contributed by atoms with Crippen molar-refractivity contribution >= 4 is 62.6 Å². The Kier molecular flexibility index (Phi) is 12.2. The molecule has 1 saturated heterocycles. The molecular weight excluding hydrogens is 813 g/mol. The maximum atomic E-state index is 15.2. The third-order valence-electron chi connectivity index (χ3n) is 12.3. The summed E-state index contributed by atoms with van der Waals surface area (Å²) in [5.41, 5.74) is 9.29. The Hall–Kier alpha value is -4.98. The molecule has 0 spiro atoms. The van der Waals surface area contributed by atoms with Crippen LogP contribution in [0.5, 0.6) is 5.75 Å². The third kappa shape index (κ3) is 8.12. The molecule has 0 radical (unpaired) electrons. The van der Waals surface area contributed by atoms with E-state index in [1.54, 1.807) is 30.2 Å². The number of hydrogen-bond acceptors (Lipinski definition) is 8. The first-order valence-corrected chi connectivity index (χ1v) is 21.7. The maximum absolute atomic E-state index is 15.2. The van der Waals surface area contributed by atoms with Gasteiger partial charge in [-0.25, -0.2) is 14.8 Å². The summed E-state index contributed by atoms with van der Waals surface area (Å²) in [5, 5.41) is 12.8. The van der Waals surface area contributed by atoms with Crippen LogP contribution >= 0.6 is 23.2 Å². The van der Waals surface area contributed by atoms with E-state index in [1.165, 1.54) is 0 Å². The van der Waals surface area contributed by atoms with Gasteiger partial charge in [0.1, 0.15) is 17.3 Å². The third-order valence-corrected chi connectivity index (χ3v) is 13.2. The Balaban J connectivity index is 1.20. The van der Waals surface area contributed by atoms with E-state index in [0.717, 1.165) is 112 Å². The normalized spacial score (nSPS) is 16.2. The molecule has 8 rings (SSSR count). The van der Waals surface area contributed by atoms with Crippen LogP contribution in [0.2, 0.25) is 10.0 Å². The quantitative estimate of drug-likeness (QED) is 0.114. The van der Waals surface area contributed by atoms with Crippen molar-refractivity contribution in [2.45, 2.75) is 60.0 Å². The fraction of sp³-hybridized carbons (Fsp3) is 0.404. The summed E-state index contributed by atoms with van der Waals surface area (Å²) in [7, 11) is 3.65. The van der Waals surface area contributed by atoms with Crippen LogP contribution in [0.15, 0.2) is 48.7 Å². The van der Waals surface area contributed by atoms with E-state index in [4.69, 9.17) is 42.6 Å². The highest BCUT2D eigenvalue weighted by molar-refractivity contribution is 6.35. The second kappa shape index (κ2) is 17.4. The van der Waals surface area contributed by atoms with E-state index in [-0.39, 0.29) is 17.5 Å². The van der Waals surface area contributed by atoms with Crippen LogP contribution in [0, 0.1) is 27.7 Å². The van der Waals surface area contributed by atoms with Crippen molar-refractivity contribution in [1.29, 1.82) is 0 Å². The number of piperazine rings is 1. The molecule has 6 aromatic rings. The number of ether oxygens (including phenoxy) is 2. The van der Waals surface area contributed by atoms with Crippen LogP contribution in [0.4, 0.5) is 5.69 Å². The van der Waals surface area contributed by atoms with Crippen LogP contribution in [-0.4, -0.2) is 105 Å². The molecule has 1 atom stereocenters. The first kappa shape index (κ1) is 42.7. The molecule has 3 aromatic heterocycles. The molecule has 0 saturated carbocycles. The van der Waals surface area contributed by atoms with Crippen molar-refractivity contribution in [2.24, 2.45) is 7.05 Å². The predicted octanol–water partition coefficient (Wildman–Crippen LogP) is 8.83. The number of aromatic carboxylic acids is 1. The zero-order chi connectivity index (χ0) is 43.3. The van der Waals surface area contributed by atoms with Gasteiger partial charge in [0.05, 0.1) is 41.5 Å². The zero-order valence-corrected chi connectivity index (χ0v) is 37.5. The Labute approximate surface area is 366 Å². The largest absolute Gasteiger partial charge is 0.494 e. The van der Waals surface area contributed by atoms with E-state index >= 15 is 4.79 Å². The highest BCUT2D eigenvalue weighted by atomic mass is 35.5. The summed E-state index contributed by atoms with van der Waals surface area (Å²) in [6, 6.07) is 12.7. The number of methoxy groups -OCH3 is 1. The number of carboxylic acids is 1. The number of carboxylic acid groups (broad SMARTS) is 1. The van der Waals surface area contributed by atoms with Gasteiger partial charge in [-0.2, -0.15) is 0 Å². The summed E-state index contributed by atoms with van der Waals surface area (Å²) in [5.74, 6) is 0.346. The minimum Gasteiger partial charge on any atom is -0.494 e. The average molecular weight is 867 g/mol. The molecule has 3 aromatic carbocycles. The van der Waals surface area contributed by atoms with Gasteiger partial charge in [0.15, 0.2) is 0 Å². The number of anilines is 1. The summed E-state index contributed by atoms with van der Waals surface area (Å²) < 4.78 is 15.7. The lowest BCUT2D eigenvalue weighted by atomic mass is 9.97. The smallest absolute Gasteiger partial charge is 0.335 e. The Morgan fingerprint density at radius 3 is 2.26 bits per heavy atom. The Morgan fingerprint density at radius 1 is 0.902 bits per heavy atom. The number of carbonyl (C=O) groups excluding carboxylic acids is 1. The van der Waals surface area contributed by atoms with Crippen LogP contribution in [0.3, 0.4) is 0 Å². The van der Waals surface area contributed by atoms with Crippen molar-refractivity contribution in [2.75, 3.05) is 64.5 Å². The maximum Gasteiger partial charge on any atom is 0.335 e. The number of benzene rings is 3. The first-order chi connectivity index (χ1) is 29.2. The number of carbonyl (C=O) groups is 2. The van der Waals surface area contributed by atoms with E-state index in [1.807, 2.05) is 69.8 Å². The van der Waals surface area contributed by atoms with Crippen molar-refractivity contribution in [3.63, 3.8) is 0 Å². The number of aryl methyl sites for hydroxylation is 6. The lowest BCUT2D eigenvalue weighted by molar-refractivity contribution is 0.0696. The summed E-state index contributed by atoms with van der Waals surface area (Å²) >= 11 is 13.7. The van der Waals surface area contributed by atoms with Crippen molar-refractivity contribution in [1.82, 2.24) is 28.9 Å². The molecule has 1 fully saturated rings. The molecular formula is C47H53Cl2N7O5. The van der Waals surface area contributed by atoms with Crippen molar-refractivity contribution < 1.29 is 24.2 Å². The number of hydrogen-bond donors (Lipinski definition) is 1. The summed E-state index contributed by atoms with van der Waals surface area (Å²) in [4.78, 5) is 44.1. The number of amides is 1. The molecule has 2 aliphatic heterocycles. The highest BCUT2D eigenvalue weighted by Crippen LogP contribution is 2.45. The van der Waals surface area contributed by atoms with Gasteiger partial charge in [-0.1, -0.05) is 29.3 Å². The minimum absolute atomic E-state index is 0.160. The second-order valence-electron chi connectivity index (χ2n) is 16.6. The molecule has 14 heteroatoms. The molecule has 5 heterocycles. The van der Waals surface area contributed by atoms with E-state index in [9.17, 15) is 9.90 Å². The van der Waals surface area contributed by atoms with Gasteiger partial charge in [0.25, 0.3) is 5.91 Å². The zero-order valence-electron chi connectivity index (χ0n) is 35.9. The lowest BCUT2D eigenvalue weighted by Crippen LogP contribution is -2.47. The lowest BCUT2D eigenvalue weighted by Gasteiger charge is -2.34. The van der Waals surface area contributed by atoms with Crippen LogP contribution in [-0.2, 0) is 24.8 Å². The molecule has 12 nitrogen and oxygen atoms in total. The van der Waals surface area contributed by atoms with E-state index in [2.05, 4.69) is 21.3 Å². The standard InChI is InChI=1S/C47H53Cl2N7O5/c1-27-21-33(22-28(2)43(27)49)61-19-8-9-34-35-11-12-37(48)42(41-30(4)50-40(51-31(41)5)26-54-16-14-53(15-17-54)18-20-60-7)44(35)56-29(3)24-55(46(57)45(34)56)39-25-52(6)38-13-10-32(47(58)59)23-36(38)39/h10-13,21-23,25,29H,8-9,14-20,24,26H2,1-7H3,(H,58,59)/t29-/m1/s1. The Morgan fingerprint density at radius 2 is 1.59 bits per heavy atom. The fourth-order valence-corrected chi connectivity index (χ4v) is 9.69. The van der Waals surface area contributed by atoms with Gasteiger partial charge in [-0.05, 0) is 101 Å². The molecule has 1 amide bonds. The average Bonchev–Trinajstić information content (AvgIpc) is 3.74. The van der Waals surface area contributed by atoms with Gasteiger partial charge >= 0.3 is 5.97 Å². The van der Waals surface area contributed by atoms with Gasteiger partial charge in [0.2, 0.25) is 0 Å². The van der Waals surface area contributed by atoms with Gasteiger partial charge in [-0.3, -0.25) is 14.6 Å². The Bertz CT molecular complexity index is 2640. The second-order valence-corrected chi connectivity index (χ2v) is 17.3. The van der Waals surface area contributed by atoms with Crippen molar-refractivity contribution in [3.8, 4) is 16.9 Å². The van der Waals surface area contributed by atoms with Crippen LogP contribution in [0.25, 0.3) is 32.9 Å². The minimum atomic E-state index is -1.02. The highest BCUT2D eigenvalue weighted by Gasteiger charge is 2.38. The molecule has 0 bridgehead atoms. The number of rotatable bonds is 13. The number of halogens is 2. The van der Waals surface area contributed by atoms with Gasteiger partial charge in [0, 0.05) is 109 Å². The summed E-state index contributed by atoms with van der Waals surface area (Å²) in [6.45, 7) is 17.0. The molecule has 0 aliphatic carbocycles. The van der Waals surface area contributed by atoms with E-state index in [0.29, 0.717) is 54.3 Å². The van der Waals surface area contributed by atoms with Gasteiger partial charge < -0.3 is 28.6 Å². The summed E-state index contributed by atoms with van der Waals surface area (Å²) in [6.07, 6.45) is 3.11.